The van der Waals surface area contributed by atoms with Crippen LogP contribution >= 0.6 is 0 Å². The van der Waals surface area contributed by atoms with Crippen LogP contribution in [0.2, 0.25) is 0 Å². The van der Waals surface area contributed by atoms with Crippen molar-refractivity contribution in [1.82, 2.24) is 5.32 Å². The van der Waals surface area contributed by atoms with Crippen molar-refractivity contribution in [1.29, 1.82) is 0 Å². The van der Waals surface area contributed by atoms with Crippen LogP contribution in [0.5, 0.6) is 5.75 Å². The number of esters is 4. The number of urea groups is 1. The summed E-state index contributed by atoms with van der Waals surface area (Å²) in [5, 5.41) is 5.11. The Morgan fingerprint density at radius 2 is 1.51 bits per heavy atom. The predicted molar refractivity (Wildman–Crippen MR) is 117 cm³/mol. The summed E-state index contributed by atoms with van der Waals surface area (Å²) < 4.78 is 31.7. The highest BCUT2D eigenvalue weighted by molar-refractivity contribution is 5.89. The van der Waals surface area contributed by atoms with Gasteiger partial charge in [-0.2, -0.15) is 0 Å². The van der Waals surface area contributed by atoms with Crippen LogP contribution in [0.3, 0.4) is 0 Å². The van der Waals surface area contributed by atoms with Gasteiger partial charge in [-0.05, 0) is 12.1 Å². The first-order valence-electron chi connectivity index (χ1n) is 10.5. The lowest BCUT2D eigenvalue weighted by molar-refractivity contribution is -0.270. The van der Waals surface area contributed by atoms with E-state index in [-0.39, 0.29) is 0 Å². The molecule has 1 heterocycles. The predicted octanol–water partition coefficient (Wildman–Crippen LogP) is 0.900. The zero-order chi connectivity index (χ0) is 26.1. The highest BCUT2D eigenvalue weighted by atomic mass is 16.7. The van der Waals surface area contributed by atoms with Gasteiger partial charge in [0.05, 0.1) is 7.11 Å². The fourth-order valence-electron chi connectivity index (χ4n) is 3.34. The average Bonchev–Trinajstić information content (AvgIpc) is 2.75. The minimum atomic E-state index is -1.49. The summed E-state index contributed by atoms with van der Waals surface area (Å²) in [4.78, 5) is 59.6. The minimum absolute atomic E-state index is 0.371. The summed E-state index contributed by atoms with van der Waals surface area (Å²) in [6.07, 6.45) is -5.35. The summed E-state index contributed by atoms with van der Waals surface area (Å²) in [6, 6.07) is 4.40. The van der Waals surface area contributed by atoms with Gasteiger partial charge in [0.1, 0.15) is 24.5 Å². The summed E-state index contributed by atoms with van der Waals surface area (Å²) in [5.74, 6) is -2.46. The smallest absolute Gasteiger partial charge is 0.319 e. The molecule has 1 aliphatic rings. The highest BCUT2D eigenvalue weighted by Crippen LogP contribution is 2.28. The number of rotatable bonds is 8. The molecule has 0 spiro atoms. The molecule has 1 aliphatic heterocycles. The Labute approximate surface area is 201 Å². The Morgan fingerprint density at radius 3 is 2.09 bits per heavy atom. The topological polar surface area (TPSA) is 165 Å². The van der Waals surface area contributed by atoms with E-state index < -0.39 is 67.2 Å². The van der Waals surface area contributed by atoms with Crippen molar-refractivity contribution < 1.29 is 52.4 Å². The number of ether oxygens (including phenoxy) is 6. The molecule has 2 amide bonds. The number of methoxy groups -OCH3 is 1. The molecule has 1 saturated heterocycles. The summed E-state index contributed by atoms with van der Waals surface area (Å²) >= 11 is 0. The van der Waals surface area contributed by atoms with E-state index in [9.17, 15) is 24.0 Å². The number of hydrogen-bond donors (Lipinski definition) is 2. The van der Waals surface area contributed by atoms with Gasteiger partial charge >= 0.3 is 29.9 Å². The number of amides is 2. The van der Waals surface area contributed by atoms with Crippen LogP contribution in [0.1, 0.15) is 27.7 Å². The van der Waals surface area contributed by atoms with Crippen molar-refractivity contribution in [2.75, 3.05) is 19.0 Å². The Balaban J connectivity index is 2.37. The van der Waals surface area contributed by atoms with Crippen LogP contribution in [0.4, 0.5) is 10.5 Å². The van der Waals surface area contributed by atoms with Gasteiger partial charge in [-0.15, -0.1) is 0 Å². The number of nitrogens with one attached hydrogen (secondary N) is 2. The lowest BCUT2D eigenvalue weighted by Gasteiger charge is -2.44. The van der Waals surface area contributed by atoms with Gasteiger partial charge in [-0.3, -0.25) is 19.2 Å². The standard InChI is InChI=1S/C22H28N2O11/c1-11(25)31-10-17-19(32-12(2)26)20(33-13(3)27)18(21(35-17)34-14(4)28)24-22(29)23-15-7-6-8-16(9-15)30-5/h6-9,17-21H,10H2,1-5H3,(H2,23,24,29)/t17-,18-,19+,20+,21+/m0/s1. The molecule has 2 rings (SSSR count). The van der Waals surface area contributed by atoms with Crippen molar-refractivity contribution in [3.8, 4) is 5.75 Å². The molecule has 2 N–H and O–H groups in total. The first-order valence-corrected chi connectivity index (χ1v) is 10.5. The van der Waals surface area contributed by atoms with Crippen LogP contribution in [0.25, 0.3) is 0 Å². The second-order valence-corrected chi connectivity index (χ2v) is 7.46. The third-order valence-electron chi connectivity index (χ3n) is 4.61. The molecule has 1 fully saturated rings. The zero-order valence-corrected chi connectivity index (χ0v) is 19.9. The van der Waals surface area contributed by atoms with E-state index in [2.05, 4.69) is 10.6 Å². The molecule has 13 heteroatoms. The van der Waals surface area contributed by atoms with Gasteiger partial charge in [0, 0.05) is 39.4 Å². The van der Waals surface area contributed by atoms with Crippen molar-refractivity contribution in [2.45, 2.75) is 58.3 Å². The summed E-state index contributed by atoms with van der Waals surface area (Å²) in [5.41, 5.74) is 0.371. The van der Waals surface area contributed by atoms with Crippen LogP contribution in [-0.2, 0) is 42.9 Å². The maximum absolute atomic E-state index is 12.8. The number of benzene rings is 1. The number of carbonyl (C=O) groups is 5. The molecule has 0 bridgehead atoms. The number of carbonyl (C=O) groups excluding carboxylic acids is 5. The average molecular weight is 496 g/mol. The number of anilines is 1. The van der Waals surface area contributed by atoms with E-state index in [0.717, 1.165) is 27.7 Å². The fraction of sp³-hybridized carbons (Fsp3) is 0.500. The molecule has 0 unspecified atom stereocenters. The van der Waals surface area contributed by atoms with Crippen molar-refractivity contribution in [3.05, 3.63) is 24.3 Å². The van der Waals surface area contributed by atoms with Gasteiger partial charge in [0.2, 0.25) is 6.29 Å². The molecule has 35 heavy (non-hydrogen) atoms. The van der Waals surface area contributed by atoms with E-state index in [4.69, 9.17) is 28.4 Å². The van der Waals surface area contributed by atoms with Crippen LogP contribution in [0.15, 0.2) is 24.3 Å². The van der Waals surface area contributed by atoms with Crippen LogP contribution in [0, 0.1) is 0 Å². The van der Waals surface area contributed by atoms with Crippen LogP contribution < -0.4 is 15.4 Å². The molecule has 5 atom stereocenters. The van der Waals surface area contributed by atoms with Crippen molar-refractivity contribution in [3.63, 3.8) is 0 Å². The normalized spacial score (nSPS) is 23.3. The quantitative estimate of drug-likeness (QED) is 0.388. The molecular weight excluding hydrogens is 468 g/mol. The van der Waals surface area contributed by atoms with Gasteiger partial charge in [-0.25, -0.2) is 4.79 Å². The first kappa shape index (κ1) is 27.4. The zero-order valence-electron chi connectivity index (χ0n) is 19.9. The Kier molecular flexibility index (Phi) is 9.82. The molecule has 1 aromatic rings. The third-order valence-corrected chi connectivity index (χ3v) is 4.61. The Bertz CT molecular complexity index is 951. The van der Waals surface area contributed by atoms with Gasteiger partial charge in [-0.1, -0.05) is 6.07 Å². The molecule has 0 aromatic heterocycles. The molecule has 192 valence electrons. The minimum Gasteiger partial charge on any atom is -0.497 e. The van der Waals surface area contributed by atoms with Gasteiger partial charge in [0.25, 0.3) is 0 Å². The fourth-order valence-corrected chi connectivity index (χ4v) is 3.34. The lowest BCUT2D eigenvalue weighted by Crippen LogP contribution is -2.67. The maximum atomic E-state index is 12.8. The first-order chi connectivity index (χ1) is 16.5. The molecule has 13 nitrogen and oxygen atoms in total. The monoisotopic (exact) mass is 496 g/mol. The van der Waals surface area contributed by atoms with E-state index in [0.29, 0.717) is 11.4 Å². The van der Waals surface area contributed by atoms with E-state index in [1.54, 1.807) is 24.3 Å². The SMILES string of the molecule is COc1cccc(NC(=O)N[C@@H]2[C@H](OC(C)=O)O[C@@H](COC(C)=O)[C@@H](OC(C)=O)[C@@H]2OC(C)=O)c1. The van der Waals surface area contributed by atoms with Crippen LogP contribution in [-0.4, -0.2) is 74.3 Å². The second-order valence-electron chi connectivity index (χ2n) is 7.46. The molecule has 0 saturated carbocycles. The highest BCUT2D eigenvalue weighted by Gasteiger charge is 2.52. The summed E-state index contributed by atoms with van der Waals surface area (Å²) in [7, 11) is 1.47. The van der Waals surface area contributed by atoms with Crippen molar-refractivity contribution in [2.24, 2.45) is 0 Å². The number of hydrogen-bond acceptors (Lipinski definition) is 11. The largest absolute Gasteiger partial charge is 0.497 e. The maximum Gasteiger partial charge on any atom is 0.319 e. The molecule has 1 aromatic carbocycles. The summed E-state index contributed by atoms with van der Waals surface area (Å²) in [6.45, 7) is 4.08. The lowest BCUT2D eigenvalue weighted by atomic mass is 9.96. The molecule has 0 aliphatic carbocycles. The third kappa shape index (κ3) is 8.45. The van der Waals surface area contributed by atoms with Gasteiger partial charge < -0.3 is 39.1 Å². The Hall–Kier alpha value is -3.87. The van der Waals surface area contributed by atoms with E-state index >= 15 is 0 Å². The molecule has 0 radical (unpaired) electrons. The Morgan fingerprint density at radius 1 is 0.886 bits per heavy atom. The van der Waals surface area contributed by atoms with E-state index in [1.165, 1.54) is 7.11 Å². The second kappa shape index (κ2) is 12.6. The van der Waals surface area contributed by atoms with Gasteiger partial charge in [0.15, 0.2) is 12.2 Å². The van der Waals surface area contributed by atoms with E-state index in [1.807, 2.05) is 0 Å². The molecular formula is C22H28N2O11. The van der Waals surface area contributed by atoms with Crippen molar-refractivity contribution >= 4 is 35.6 Å².